The predicted molar refractivity (Wildman–Crippen MR) is 108 cm³/mol. The van der Waals surface area contributed by atoms with Gasteiger partial charge in [0.25, 0.3) is 0 Å². The quantitative estimate of drug-likeness (QED) is 0.394. The van der Waals surface area contributed by atoms with E-state index in [4.69, 9.17) is 11.6 Å². The van der Waals surface area contributed by atoms with Gasteiger partial charge in [-0.3, -0.25) is 0 Å². The Hall–Kier alpha value is -3.28. The summed E-state index contributed by atoms with van der Waals surface area (Å²) in [5, 5.41) is 12.7. The molecule has 0 unspecified atom stereocenters. The van der Waals surface area contributed by atoms with Crippen molar-refractivity contribution in [1.82, 2.24) is 4.57 Å². The van der Waals surface area contributed by atoms with Crippen LogP contribution in [0.3, 0.4) is 0 Å². The van der Waals surface area contributed by atoms with E-state index in [1.165, 1.54) is 0 Å². The molecule has 3 aromatic carbocycles. The Labute approximate surface area is 157 Å². The zero-order valence-electron chi connectivity index (χ0n) is 13.9. The van der Waals surface area contributed by atoms with E-state index in [1.54, 1.807) is 0 Å². The zero-order chi connectivity index (χ0) is 17.9. The van der Waals surface area contributed by atoms with Gasteiger partial charge in [-0.25, -0.2) is 0 Å². The van der Waals surface area contributed by atoms with Gasteiger partial charge in [-0.05, 0) is 64.9 Å². The van der Waals surface area contributed by atoms with Crippen molar-refractivity contribution in [2.24, 2.45) is 0 Å². The molecule has 0 radical (unpaired) electrons. The van der Waals surface area contributed by atoms with E-state index in [-0.39, 0.29) is 0 Å². The molecule has 124 valence electrons. The molecule has 0 fully saturated rings. The molecule has 1 heterocycles. The maximum absolute atomic E-state index is 9.70. The highest BCUT2D eigenvalue weighted by molar-refractivity contribution is 6.30. The van der Waals surface area contributed by atoms with Crippen molar-refractivity contribution in [3.05, 3.63) is 101 Å². The smallest absolute Gasteiger partial charge is 0.0998 e. The molecule has 4 rings (SSSR count). The summed E-state index contributed by atoms with van der Waals surface area (Å²) in [6.45, 7) is 0. The lowest BCUT2D eigenvalue weighted by Crippen LogP contribution is -1.95. The van der Waals surface area contributed by atoms with Gasteiger partial charge >= 0.3 is 0 Å². The fourth-order valence-electron chi connectivity index (χ4n) is 3.03. The van der Waals surface area contributed by atoms with Crippen LogP contribution in [0.4, 0.5) is 0 Å². The van der Waals surface area contributed by atoms with E-state index in [2.05, 4.69) is 24.3 Å². The van der Waals surface area contributed by atoms with E-state index >= 15 is 0 Å². The van der Waals surface area contributed by atoms with Crippen LogP contribution in [0.15, 0.2) is 85.1 Å². The van der Waals surface area contributed by atoms with Gasteiger partial charge < -0.3 is 4.57 Å². The highest BCUT2D eigenvalue weighted by Gasteiger charge is 2.06. The largest absolute Gasteiger partial charge is 0.317 e. The standard InChI is InChI=1S/C23H15ClN2/c24-21-9-11-22(12-10-21)26-13-3-6-23(26)15-20(16-25)19-8-7-17-4-1-2-5-18(17)14-19/h1-15H/b20-15-. The Kier molecular flexibility index (Phi) is 4.31. The van der Waals surface area contributed by atoms with Crippen molar-refractivity contribution in [2.45, 2.75) is 0 Å². The molecule has 4 aromatic rings. The number of allylic oxidation sites excluding steroid dienone is 1. The molecule has 0 N–H and O–H groups in total. The van der Waals surface area contributed by atoms with Crippen molar-refractivity contribution in [1.29, 1.82) is 5.26 Å². The summed E-state index contributed by atoms with van der Waals surface area (Å²) >= 11 is 5.98. The first-order valence-electron chi connectivity index (χ1n) is 8.29. The minimum atomic E-state index is 0.629. The molecule has 3 heteroatoms. The molecule has 0 saturated heterocycles. The number of rotatable bonds is 3. The second-order valence-corrected chi connectivity index (χ2v) is 6.45. The SMILES string of the molecule is N#C/C(=C/c1cccn1-c1ccc(Cl)cc1)c1ccc2ccccc2c1. The molecule has 0 amide bonds. The number of aromatic nitrogens is 1. The van der Waals surface area contributed by atoms with E-state index in [0.717, 1.165) is 27.7 Å². The van der Waals surface area contributed by atoms with Crippen LogP contribution in [-0.4, -0.2) is 4.57 Å². The molecule has 0 spiro atoms. The number of hydrogen-bond acceptors (Lipinski definition) is 1. The van der Waals surface area contributed by atoms with Gasteiger partial charge in [-0.2, -0.15) is 5.26 Å². The number of nitriles is 1. The Bertz CT molecular complexity index is 1140. The third-order valence-corrected chi connectivity index (χ3v) is 4.61. The lowest BCUT2D eigenvalue weighted by Gasteiger charge is -2.08. The minimum absolute atomic E-state index is 0.629. The molecule has 0 aliphatic carbocycles. The van der Waals surface area contributed by atoms with Crippen LogP contribution in [0.1, 0.15) is 11.3 Å². The van der Waals surface area contributed by atoms with Gasteiger partial charge in [0.2, 0.25) is 0 Å². The molecule has 26 heavy (non-hydrogen) atoms. The summed E-state index contributed by atoms with van der Waals surface area (Å²) in [7, 11) is 0. The predicted octanol–water partition coefficient (Wildman–Crippen LogP) is 6.35. The molecular weight excluding hydrogens is 340 g/mol. The number of fused-ring (bicyclic) bond motifs is 1. The third kappa shape index (κ3) is 3.13. The van der Waals surface area contributed by atoms with Crippen LogP contribution in [0.2, 0.25) is 5.02 Å². The Balaban J connectivity index is 1.77. The van der Waals surface area contributed by atoms with Crippen LogP contribution in [0.5, 0.6) is 0 Å². The number of nitrogens with zero attached hydrogens (tertiary/aromatic N) is 2. The van der Waals surface area contributed by atoms with E-state index in [9.17, 15) is 5.26 Å². The lowest BCUT2D eigenvalue weighted by molar-refractivity contribution is 1.06. The topological polar surface area (TPSA) is 28.7 Å². The first-order valence-corrected chi connectivity index (χ1v) is 8.67. The summed E-state index contributed by atoms with van der Waals surface area (Å²) in [5.74, 6) is 0. The average Bonchev–Trinajstić information content (AvgIpc) is 3.14. The molecular formula is C23H15ClN2. The summed E-state index contributed by atoms with van der Waals surface area (Å²) in [4.78, 5) is 0. The van der Waals surface area contributed by atoms with Gasteiger partial charge in [0.1, 0.15) is 0 Å². The molecule has 2 nitrogen and oxygen atoms in total. The lowest BCUT2D eigenvalue weighted by atomic mass is 10.0. The molecule has 0 aliphatic heterocycles. The zero-order valence-corrected chi connectivity index (χ0v) is 14.7. The first kappa shape index (κ1) is 16.2. The second kappa shape index (κ2) is 6.92. The fraction of sp³-hybridized carbons (Fsp3) is 0. The maximum Gasteiger partial charge on any atom is 0.0998 e. The number of benzene rings is 3. The maximum atomic E-state index is 9.70. The average molecular weight is 355 g/mol. The third-order valence-electron chi connectivity index (χ3n) is 4.36. The van der Waals surface area contributed by atoms with E-state index in [0.29, 0.717) is 10.6 Å². The Morgan fingerprint density at radius 3 is 2.42 bits per heavy atom. The van der Waals surface area contributed by atoms with E-state index < -0.39 is 0 Å². The number of hydrogen-bond donors (Lipinski definition) is 0. The van der Waals surface area contributed by atoms with Crippen LogP contribution in [-0.2, 0) is 0 Å². The van der Waals surface area contributed by atoms with Gasteiger partial charge in [-0.15, -0.1) is 0 Å². The number of halogens is 1. The van der Waals surface area contributed by atoms with Crippen molar-refractivity contribution >= 4 is 34.0 Å². The Morgan fingerprint density at radius 1 is 0.885 bits per heavy atom. The van der Waals surface area contributed by atoms with Gasteiger partial charge in [0, 0.05) is 22.6 Å². The molecule has 1 aromatic heterocycles. The molecule has 0 atom stereocenters. The molecule has 0 aliphatic rings. The summed E-state index contributed by atoms with van der Waals surface area (Å²) in [5.41, 5.74) is 3.48. The summed E-state index contributed by atoms with van der Waals surface area (Å²) in [6, 6.07) is 28.2. The Morgan fingerprint density at radius 2 is 1.65 bits per heavy atom. The minimum Gasteiger partial charge on any atom is -0.317 e. The van der Waals surface area contributed by atoms with Gasteiger partial charge in [-0.1, -0.05) is 48.0 Å². The van der Waals surface area contributed by atoms with Gasteiger partial charge in [0.15, 0.2) is 0 Å². The van der Waals surface area contributed by atoms with Crippen LogP contribution >= 0.6 is 11.6 Å². The highest BCUT2D eigenvalue weighted by Crippen LogP contribution is 2.24. The fourth-order valence-corrected chi connectivity index (χ4v) is 3.16. The normalized spacial score (nSPS) is 11.5. The first-order chi connectivity index (χ1) is 12.7. The van der Waals surface area contributed by atoms with E-state index in [1.807, 2.05) is 77.5 Å². The van der Waals surface area contributed by atoms with Crippen molar-refractivity contribution in [3.63, 3.8) is 0 Å². The highest BCUT2D eigenvalue weighted by atomic mass is 35.5. The summed E-state index contributed by atoms with van der Waals surface area (Å²) in [6.07, 6.45) is 3.89. The second-order valence-electron chi connectivity index (χ2n) is 6.01. The molecule has 0 bridgehead atoms. The molecule has 0 saturated carbocycles. The van der Waals surface area contributed by atoms with Gasteiger partial charge in [0.05, 0.1) is 11.6 Å². The van der Waals surface area contributed by atoms with Crippen molar-refractivity contribution < 1.29 is 0 Å². The van der Waals surface area contributed by atoms with Crippen LogP contribution in [0.25, 0.3) is 28.1 Å². The van der Waals surface area contributed by atoms with Crippen LogP contribution < -0.4 is 0 Å². The monoisotopic (exact) mass is 354 g/mol. The van der Waals surface area contributed by atoms with Crippen LogP contribution in [0, 0.1) is 11.3 Å². The van der Waals surface area contributed by atoms with Crippen molar-refractivity contribution in [3.8, 4) is 11.8 Å². The summed E-state index contributed by atoms with van der Waals surface area (Å²) < 4.78 is 2.04. The van der Waals surface area contributed by atoms with Crippen molar-refractivity contribution in [2.75, 3.05) is 0 Å².